The molecule has 0 atom stereocenters. The highest BCUT2D eigenvalue weighted by atomic mass is 127. The monoisotopic (exact) mass is 282 g/mol. The lowest BCUT2D eigenvalue weighted by Crippen LogP contribution is -2.40. The number of rotatable bonds is 2. The molecule has 0 saturated carbocycles. The summed E-state index contributed by atoms with van der Waals surface area (Å²) in [4.78, 5) is 23.9. The highest BCUT2D eigenvalue weighted by Crippen LogP contribution is 2.16. The Morgan fingerprint density at radius 2 is 2.08 bits per heavy atom. The summed E-state index contributed by atoms with van der Waals surface area (Å²) in [5.74, 6) is -0.135. The summed E-state index contributed by atoms with van der Waals surface area (Å²) in [5.41, 5.74) is -0.719. The molecule has 0 aromatic carbocycles. The molecule has 0 aliphatic carbocycles. The molecule has 12 heavy (non-hydrogen) atoms. The molecule has 1 N–H and O–H groups in total. The van der Waals surface area contributed by atoms with E-state index in [2.05, 4.69) is 27.9 Å². The van der Waals surface area contributed by atoms with Crippen molar-refractivity contribution in [2.24, 2.45) is 0 Å². The molecule has 0 radical (unpaired) electrons. The molecule has 1 rings (SSSR count). The van der Waals surface area contributed by atoms with Crippen LogP contribution in [0, 0.1) is 0 Å². The molecule has 0 aromatic heterocycles. The first-order valence-electron chi connectivity index (χ1n) is 3.69. The number of alkyl halides is 1. The van der Waals surface area contributed by atoms with Crippen molar-refractivity contribution in [3.05, 3.63) is 0 Å². The van der Waals surface area contributed by atoms with Crippen molar-refractivity contribution in [2.45, 2.75) is 19.4 Å². The number of carbonyl (C=O) groups is 2. The smallest absolute Gasteiger partial charge is 0.324 e. The van der Waals surface area contributed by atoms with Gasteiger partial charge in [0.2, 0.25) is 0 Å². The van der Waals surface area contributed by atoms with Gasteiger partial charge in [0, 0.05) is 11.0 Å². The van der Waals surface area contributed by atoms with E-state index in [4.69, 9.17) is 0 Å². The highest BCUT2D eigenvalue weighted by molar-refractivity contribution is 14.1. The third kappa shape index (κ3) is 1.55. The molecular weight excluding hydrogens is 271 g/mol. The van der Waals surface area contributed by atoms with Gasteiger partial charge in [-0.3, -0.25) is 9.69 Å². The Labute approximate surface area is 84.8 Å². The Balaban J connectivity index is 2.78. The minimum absolute atomic E-state index is 0.135. The lowest BCUT2D eigenvalue weighted by Gasteiger charge is -2.14. The zero-order valence-corrected chi connectivity index (χ0v) is 9.21. The van der Waals surface area contributed by atoms with Crippen molar-refractivity contribution in [3.63, 3.8) is 0 Å². The summed E-state index contributed by atoms with van der Waals surface area (Å²) in [6.07, 6.45) is 0. The van der Waals surface area contributed by atoms with Crippen LogP contribution in [0.4, 0.5) is 4.79 Å². The van der Waals surface area contributed by atoms with E-state index in [9.17, 15) is 9.59 Å². The topological polar surface area (TPSA) is 49.4 Å². The van der Waals surface area contributed by atoms with Crippen molar-refractivity contribution in [1.29, 1.82) is 0 Å². The van der Waals surface area contributed by atoms with E-state index in [1.165, 1.54) is 4.90 Å². The molecule has 1 aliphatic rings. The summed E-state index contributed by atoms with van der Waals surface area (Å²) in [7, 11) is 0. The number of hydrogen-bond acceptors (Lipinski definition) is 2. The van der Waals surface area contributed by atoms with Crippen LogP contribution in [-0.2, 0) is 4.79 Å². The van der Waals surface area contributed by atoms with Crippen LogP contribution in [0.1, 0.15) is 13.8 Å². The van der Waals surface area contributed by atoms with E-state index in [1.54, 1.807) is 13.8 Å². The number of amides is 3. The van der Waals surface area contributed by atoms with Crippen LogP contribution in [0.3, 0.4) is 0 Å². The summed E-state index contributed by atoms with van der Waals surface area (Å²) in [6, 6.07) is -0.276. The first kappa shape index (κ1) is 9.76. The van der Waals surface area contributed by atoms with E-state index in [0.29, 0.717) is 6.54 Å². The molecule has 0 bridgehead atoms. The second-order valence-electron chi connectivity index (χ2n) is 3.20. The molecule has 0 unspecified atom stereocenters. The molecule has 1 saturated heterocycles. The van der Waals surface area contributed by atoms with Gasteiger partial charge in [0.1, 0.15) is 5.54 Å². The number of imide groups is 1. The van der Waals surface area contributed by atoms with Gasteiger partial charge < -0.3 is 5.32 Å². The summed E-state index contributed by atoms with van der Waals surface area (Å²) < 4.78 is 0.771. The largest absolute Gasteiger partial charge is 0.325 e. The van der Waals surface area contributed by atoms with Gasteiger partial charge in [-0.2, -0.15) is 0 Å². The van der Waals surface area contributed by atoms with Gasteiger partial charge in [0.25, 0.3) is 5.91 Å². The standard InChI is InChI=1S/C7H11IN2O2/c1-7(2)5(11)10(4-3-8)6(12)9-7/h3-4H2,1-2H3,(H,9,12). The van der Waals surface area contributed by atoms with Gasteiger partial charge in [0.15, 0.2) is 0 Å². The van der Waals surface area contributed by atoms with Crippen LogP contribution in [0.25, 0.3) is 0 Å². The lowest BCUT2D eigenvalue weighted by atomic mass is 10.1. The molecule has 68 valence electrons. The summed E-state index contributed by atoms with van der Waals surface area (Å²) in [6.45, 7) is 3.91. The van der Waals surface area contributed by atoms with Crippen molar-refractivity contribution in [2.75, 3.05) is 11.0 Å². The molecule has 1 fully saturated rings. The fourth-order valence-corrected chi connectivity index (χ4v) is 1.59. The van der Waals surface area contributed by atoms with Crippen LogP contribution < -0.4 is 5.32 Å². The van der Waals surface area contributed by atoms with Gasteiger partial charge in [-0.25, -0.2) is 4.79 Å². The molecule has 4 nitrogen and oxygen atoms in total. The van der Waals surface area contributed by atoms with Gasteiger partial charge in [0.05, 0.1) is 0 Å². The maximum atomic E-state index is 11.5. The maximum Gasteiger partial charge on any atom is 0.325 e. The van der Waals surface area contributed by atoms with Crippen LogP contribution in [-0.4, -0.2) is 33.3 Å². The second-order valence-corrected chi connectivity index (χ2v) is 4.28. The third-order valence-electron chi connectivity index (χ3n) is 1.75. The SMILES string of the molecule is CC1(C)NC(=O)N(CCI)C1=O. The Kier molecular flexibility index (Phi) is 2.60. The molecular formula is C7H11IN2O2. The number of nitrogens with zero attached hydrogens (tertiary/aromatic N) is 1. The summed E-state index contributed by atoms with van der Waals surface area (Å²) >= 11 is 2.14. The summed E-state index contributed by atoms with van der Waals surface area (Å²) in [5, 5.41) is 2.61. The van der Waals surface area contributed by atoms with E-state index in [-0.39, 0.29) is 11.9 Å². The number of nitrogens with one attached hydrogen (secondary N) is 1. The van der Waals surface area contributed by atoms with Crippen molar-refractivity contribution in [1.82, 2.24) is 10.2 Å². The number of carbonyl (C=O) groups excluding carboxylic acids is 2. The Morgan fingerprint density at radius 3 is 2.42 bits per heavy atom. The third-order valence-corrected chi connectivity index (χ3v) is 2.23. The average molecular weight is 282 g/mol. The van der Waals surface area contributed by atoms with Crippen molar-refractivity contribution in [3.8, 4) is 0 Å². The molecule has 3 amide bonds. The van der Waals surface area contributed by atoms with Gasteiger partial charge in [-0.05, 0) is 13.8 Å². The lowest BCUT2D eigenvalue weighted by molar-refractivity contribution is -0.129. The molecule has 1 aliphatic heterocycles. The van der Waals surface area contributed by atoms with Crippen LogP contribution in [0.2, 0.25) is 0 Å². The van der Waals surface area contributed by atoms with E-state index < -0.39 is 5.54 Å². The normalized spacial score (nSPS) is 21.4. The Bertz CT molecular complexity index is 227. The first-order valence-corrected chi connectivity index (χ1v) is 5.21. The van der Waals surface area contributed by atoms with E-state index in [0.717, 1.165) is 4.43 Å². The predicted molar refractivity (Wildman–Crippen MR) is 53.2 cm³/mol. The minimum Gasteiger partial charge on any atom is -0.324 e. The fraction of sp³-hybridized carbons (Fsp3) is 0.714. The molecule has 0 spiro atoms. The zero-order chi connectivity index (χ0) is 9.35. The predicted octanol–water partition coefficient (Wildman–Crippen LogP) is 0.752. The van der Waals surface area contributed by atoms with E-state index >= 15 is 0 Å². The maximum absolute atomic E-state index is 11.5. The molecule has 5 heteroatoms. The minimum atomic E-state index is -0.719. The Morgan fingerprint density at radius 1 is 1.50 bits per heavy atom. The molecule has 1 heterocycles. The number of hydrogen-bond donors (Lipinski definition) is 1. The first-order chi connectivity index (χ1) is 5.49. The van der Waals surface area contributed by atoms with Crippen LogP contribution in [0.15, 0.2) is 0 Å². The van der Waals surface area contributed by atoms with Gasteiger partial charge in [-0.15, -0.1) is 0 Å². The van der Waals surface area contributed by atoms with E-state index in [1.807, 2.05) is 0 Å². The van der Waals surface area contributed by atoms with Crippen molar-refractivity contribution < 1.29 is 9.59 Å². The van der Waals surface area contributed by atoms with Crippen LogP contribution >= 0.6 is 22.6 Å². The van der Waals surface area contributed by atoms with Gasteiger partial charge in [-0.1, -0.05) is 22.6 Å². The van der Waals surface area contributed by atoms with Crippen molar-refractivity contribution >= 4 is 34.5 Å². The average Bonchev–Trinajstić information content (AvgIpc) is 2.13. The van der Waals surface area contributed by atoms with Crippen LogP contribution in [0.5, 0.6) is 0 Å². The number of halogens is 1. The quantitative estimate of drug-likeness (QED) is 0.461. The fourth-order valence-electron chi connectivity index (χ4n) is 1.11. The zero-order valence-electron chi connectivity index (χ0n) is 7.06. The highest BCUT2D eigenvalue weighted by Gasteiger charge is 2.43. The second kappa shape index (κ2) is 3.20. The van der Waals surface area contributed by atoms with Gasteiger partial charge >= 0.3 is 6.03 Å². The number of urea groups is 1. The molecule has 0 aromatic rings. The Hall–Kier alpha value is -0.330.